The Bertz CT molecular complexity index is 927. The van der Waals surface area contributed by atoms with Gasteiger partial charge in [-0.15, -0.1) is 0 Å². The van der Waals surface area contributed by atoms with Gasteiger partial charge in [0.2, 0.25) is 5.82 Å². The van der Waals surface area contributed by atoms with Crippen molar-refractivity contribution in [3.63, 3.8) is 0 Å². The fourth-order valence-electron chi connectivity index (χ4n) is 2.70. The topological polar surface area (TPSA) is 136 Å². The lowest BCUT2D eigenvalue weighted by atomic mass is 10.1. The van der Waals surface area contributed by atoms with Crippen molar-refractivity contribution in [2.45, 2.75) is 11.3 Å². The first-order valence-corrected chi connectivity index (χ1v) is 10.1. The van der Waals surface area contributed by atoms with Gasteiger partial charge in [0.05, 0.1) is 16.4 Å². The second kappa shape index (κ2) is 7.84. The van der Waals surface area contributed by atoms with Gasteiger partial charge in [0.1, 0.15) is 6.33 Å². The summed E-state index contributed by atoms with van der Waals surface area (Å²) in [5, 5.41) is 17.6. The average Bonchev–Trinajstić information content (AvgIpc) is 3.13. The lowest BCUT2D eigenvalue weighted by Crippen LogP contribution is -2.16. The molecule has 144 valence electrons. The molecular weight excluding hydrogens is 374 g/mol. The molecule has 3 rings (SSSR count). The number of aromatic nitrogens is 2. The van der Waals surface area contributed by atoms with E-state index in [0.717, 1.165) is 25.8 Å². The van der Waals surface area contributed by atoms with Gasteiger partial charge < -0.3 is 15.4 Å². The van der Waals surface area contributed by atoms with E-state index in [2.05, 4.69) is 20.6 Å². The molecule has 1 aliphatic heterocycles. The molecule has 0 spiro atoms. The summed E-state index contributed by atoms with van der Waals surface area (Å²) in [5.74, 6) is 0.151. The molecule has 2 aromatic rings. The van der Waals surface area contributed by atoms with E-state index in [0.29, 0.717) is 12.3 Å². The highest BCUT2D eigenvalue weighted by molar-refractivity contribution is 7.90. The normalized spacial score (nSPS) is 16.9. The number of nitro groups is 1. The van der Waals surface area contributed by atoms with E-state index >= 15 is 0 Å². The Morgan fingerprint density at radius 3 is 2.67 bits per heavy atom. The third kappa shape index (κ3) is 4.68. The van der Waals surface area contributed by atoms with Crippen molar-refractivity contribution in [1.82, 2.24) is 15.3 Å². The largest absolute Gasteiger partial charge is 0.472 e. The molecule has 2 heterocycles. The Morgan fingerprint density at radius 1 is 1.33 bits per heavy atom. The van der Waals surface area contributed by atoms with Crippen LogP contribution < -0.4 is 15.4 Å². The third-order valence-electron chi connectivity index (χ3n) is 4.13. The van der Waals surface area contributed by atoms with Gasteiger partial charge in [-0.3, -0.25) is 10.1 Å². The van der Waals surface area contributed by atoms with Gasteiger partial charge in [-0.1, -0.05) is 0 Å². The zero-order valence-electron chi connectivity index (χ0n) is 14.6. The summed E-state index contributed by atoms with van der Waals surface area (Å²) in [5.41, 5.74) is 0.0887. The lowest BCUT2D eigenvalue weighted by molar-refractivity contribution is -0.385. The number of benzene rings is 1. The van der Waals surface area contributed by atoms with Crippen LogP contribution in [0.1, 0.15) is 6.42 Å². The molecule has 1 saturated heterocycles. The Hall–Kier alpha value is -2.79. The molecule has 0 radical (unpaired) electrons. The first-order valence-electron chi connectivity index (χ1n) is 8.24. The van der Waals surface area contributed by atoms with Crippen LogP contribution in [0.5, 0.6) is 5.88 Å². The minimum atomic E-state index is -3.32. The second-order valence-corrected chi connectivity index (χ2v) is 8.24. The van der Waals surface area contributed by atoms with Crippen LogP contribution in [0.15, 0.2) is 35.5 Å². The van der Waals surface area contributed by atoms with Crippen molar-refractivity contribution in [2.75, 3.05) is 31.3 Å². The first kappa shape index (κ1) is 19.0. The zero-order chi connectivity index (χ0) is 19.4. The number of nitrogens with zero attached hydrogens (tertiary/aromatic N) is 3. The molecule has 27 heavy (non-hydrogen) atoms. The number of hydrogen-bond donors (Lipinski definition) is 2. The molecule has 1 aliphatic rings. The number of hydrogen-bond acceptors (Lipinski definition) is 9. The fraction of sp³-hybridized carbons (Fsp3) is 0.375. The first-order chi connectivity index (χ1) is 12.8. The smallest absolute Gasteiger partial charge is 0.373 e. The molecule has 11 heteroatoms. The van der Waals surface area contributed by atoms with Crippen LogP contribution in [0.4, 0.5) is 17.2 Å². The molecular formula is C16H19N5O5S. The summed E-state index contributed by atoms with van der Waals surface area (Å²) in [4.78, 5) is 18.9. The summed E-state index contributed by atoms with van der Waals surface area (Å²) in [6.07, 6.45) is 3.23. The Morgan fingerprint density at radius 2 is 2.07 bits per heavy atom. The van der Waals surface area contributed by atoms with E-state index in [1.807, 2.05) is 0 Å². The lowest BCUT2D eigenvalue weighted by Gasteiger charge is -2.12. The van der Waals surface area contributed by atoms with Gasteiger partial charge in [-0.2, -0.15) is 4.98 Å². The van der Waals surface area contributed by atoms with Crippen molar-refractivity contribution >= 4 is 27.0 Å². The molecule has 2 N–H and O–H groups in total. The van der Waals surface area contributed by atoms with Crippen molar-refractivity contribution in [3.05, 3.63) is 40.7 Å². The van der Waals surface area contributed by atoms with E-state index in [-0.39, 0.29) is 28.2 Å². The summed E-state index contributed by atoms with van der Waals surface area (Å²) in [6, 6.07) is 5.84. The van der Waals surface area contributed by atoms with Gasteiger partial charge in [0, 0.05) is 24.4 Å². The molecule has 1 aromatic carbocycles. The Labute approximate surface area is 156 Å². The molecule has 1 unspecified atom stereocenters. The Balaban J connectivity index is 1.81. The van der Waals surface area contributed by atoms with E-state index in [1.165, 1.54) is 30.6 Å². The zero-order valence-corrected chi connectivity index (χ0v) is 15.4. The van der Waals surface area contributed by atoms with Crippen LogP contribution >= 0.6 is 0 Å². The van der Waals surface area contributed by atoms with Crippen LogP contribution in [-0.4, -0.2) is 49.3 Å². The molecule has 0 aliphatic carbocycles. The van der Waals surface area contributed by atoms with Crippen molar-refractivity contribution in [1.29, 1.82) is 0 Å². The maximum Gasteiger partial charge on any atom is 0.373 e. The van der Waals surface area contributed by atoms with Crippen LogP contribution in [0.3, 0.4) is 0 Å². The molecule has 0 saturated carbocycles. The SMILES string of the molecule is CS(=O)(=O)c1ccc(Nc2ncnc(OCC3CCNC3)c2[N+](=O)[O-])cc1. The Kier molecular flexibility index (Phi) is 5.51. The maximum absolute atomic E-state index is 11.5. The van der Waals surface area contributed by atoms with E-state index in [4.69, 9.17) is 4.74 Å². The highest BCUT2D eigenvalue weighted by Gasteiger charge is 2.26. The summed E-state index contributed by atoms with van der Waals surface area (Å²) in [7, 11) is -3.32. The quantitative estimate of drug-likeness (QED) is 0.530. The van der Waals surface area contributed by atoms with Gasteiger partial charge in [0.25, 0.3) is 5.88 Å². The highest BCUT2D eigenvalue weighted by Crippen LogP contribution is 2.33. The van der Waals surface area contributed by atoms with Crippen LogP contribution in [0.2, 0.25) is 0 Å². The number of nitrogens with one attached hydrogen (secondary N) is 2. The van der Waals surface area contributed by atoms with E-state index < -0.39 is 14.8 Å². The van der Waals surface area contributed by atoms with Gasteiger partial charge >= 0.3 is 5.69 Å². The van der Waals surface area contributed by atoms with Crippen LogP contribution in [-0.2, 0) is 9.84 Å². The van der Waals surface area contributed by atoms with Gasteiger partial charge in [-0.05, 0) is 37.2 Å². The monoisotopic (exact) mass is 393 g/mol. The molecule has 10 nitrogen and oxygen atoms in total. The number of sulfone groups is 1. The molecule has 1 aromatic heterocycles. The maximum atomic E-state index is 11.5. The van der Waals surface area contributed by atoms with Gasteiger partial charge in [0.15, 0.2) is 9.84 Å². The molecule has 0 bridgehead atoms. The van der Waals surface area contributed by atoms with Gasteiger partial charge in [-0.25, -0.2) is 13.4 Å². The minimum absolute atomic E-state index is 0.0262. The van der Waals surface area contributed by atoms with Crippen molar-refractivity contribution in [2.24, 2.45) is 5.92 Å². The van der Waals surface area contributed by atoms with E-state index in [1.54, 1.807) is 0 Å². The fourth-order valence-corrected chi connectivity index (χ4v) is 3.33. The summed E-state index contributed by atoms with van der Waals surface area (Å²) >= 11 is 0. The predicted octanol–water partition coefficient (Wildman–Crippen LogP) is 1.52. The van der Waals surface area contributed by atoms with E-state index in [9.17, 15) is 18.5 Å². The molecule has 0 amide bonds. The standard InChI is InChI=1S/C16H19N5O5S/c1-27(24,25)13-4-2-12(3-5-13)20-15-14(21(22)23)16(19-10-18-15)26-9-11-6-7-17-8-11/h2-5,10-11,17H,6-9H2,1H3,(H,18,19,20). The number of ether oxygens (including phenoxy) is 1. The van der Waals surface area contributed by atoms with Crippen LogP contribution in [0, 0.1) is 16.0 Å². The summed E-state index contributed by atoms with van der Waals surface area (Å²) in [6.45, 7) is 2.03. The number of rotatable bonds is 7. The molecule has 1 fully saturated rings. The second-order valence-electron chi connectivity index (χ2n) is 6.22. The predicted molar refractivity (Wildman–Crippen MR) is 98.0 cm³/mol. The van der Waals surface area contributed by atoms with Crippen molar-refractivity contribution < 1.29 is 18.1 Å². The number of anilines is 2. The summed E-state index contributed by atoms with van der Waals surface area (Å²) < 4.78 is 28.6. The molecule has 1 atom stereocenters. The highest BCUT2D eigenvalue weighted by atomic mass is 32.2. The van der Waals surface area contributed by atoms with Crippen LogP contribution in [0.25, 0.3) is 0 Å². The minimum Gasteiger partial charge on any atom is -0.472 e. The third-order valence-corrected chi connectivity index (χ3v) is 5.26. The van der Waals surface area contributed by atoms with Crippen molar-refractivity contribution in [3.8, 4) is 5.88 Å². The average molecular weight is 393 g/mol.